The van der Waals surface area contributed by atoms with Crippen molar-refractivity contribution < 1.29 is 19.4 Å². The molecule has 24 heavy (non-hydrogen) atoms. The summed E-state index contributed by atoms with van der Waals surface area (Å²) in [7, 11) is 0. The van der Waals surface area contributed by atoms with E-state index in [4.69, 9.17) is 9.47 Å². The standard InChI is InChI=1S/C20H30O4/c1-3-5-15-23-19(21)24-18-11-13-20(22,14-12-18)17-9-7-16(6-4-2)8-10-17/h7-10,18,22H,3-6,11-15H2,1-2H3. The lowest BCUT2D eigenvalue weighted by Crippen LogP contribution is -2.35. The summed E-state index contributed by atoms with van der Waals surface area (Å²) < 4.78 is 10.4. The molecule has 1 aliphatic rings. The normalized spacial score (nSPS) is 23.7. The van der Waals surface area contributed by atoms with Crippen molar-refractivity contribution in [2.75, 3.05) is 6.61 Å². The fraction of sp³-hybridized carbons (Fsp3) is 0.650. The zero-order chi connectivity index (χ0) is 17.4. The quantitative estimate of drug-likeness (QED) is 0.579. The van der Waals surface area contributed by atoms with Crippen molar-refractivity contribution in [3.63, 3.8) is 0 Å². The number of aliphatic hydroxyl groups is 1. The van der Waals surface area contributed by atoms with Gasteiger partial charge in [0.15, 0.2) is 0 Å². The van der Waals surface area contributed by atoms with E-state index in [2.05, 4.69) is 19.1 Å². The van der Waals surface area contributed by atoms with Gasteiger partial charge in [0, 0.05) is 0 Å². The van der Waals surface area contributed by atoms with Crippen molar-refractivity contribution in [2.24, 2.45) is 0 Å². The third kappa shape index (κ3) is 5.23. The van der Waals surface area contributed by atoms with Crippen LogP contribution in [0.15, 0.2) is 24.3 Å². The average molecular weight is 334 g/mol. The molecule has 1 aromatic carbocycles. The highest BCUT2D eigenvalue weighted by Gasteiger charge is 2.36. The fourth-order valence-electron chi connectivity index (χ4n) is 3.22. The van der Waals surface area contributed by atoms with E-state index in [1.165, 1.54) is 5.56 Å². The van der Waals surface area contributed by atoms with Gasteiger partial charge in [-0.25, -0.2) is 4.79 Å². The molecule has 0 atom stereocenters. The monoisotopic (exact) mass is 334 g/mol. The second kappa shape index (κ2) is 9.07. The Morgan fingerprint density at radius 1 is 1.17 bits per heavy atom. The van der Waals surface area contributed by atoms with Gasteiger partial charge < -0.3 is 14.6 Å². The van der Waals surface area contributed by atoms with Crippen molar-refractivity contribution in [1.82, 2.24) is 0 Å². The molecule has 0 bridgehead atoms. The van der Waals surface area contributed by atoms with E-state index in [0.29, 0.717) is 32.3 Å². The summed E-state index contributed by atoms with van der Waals surface area (Å²) in [5.41, 5.74) is 1.46. The van der Waals surface area contributed by atoms with Crippen LogP contribution in [0.3, 0.4) is 0 Å². The van der Waals surface area contributed by atoms with Gasteiger partial charge in [-0.2, -0.15) is 0 Å². The smallest absolute Gasteiger partial charge is 0.434 e. The summed E-state index contributed by atoms with van der Waals surface area (Å²) in [6.45, 7) is 4.62. The van der Waals surface area contributed by atoms with Crippen LogP contribution in [0.25, 0.3) is 0 Å². The van der Waals surface area contributed by atoms with Crippen LogP contribution >= 0.6 is 0 Å². The summed E-state index contributed by atoms with van der Waals surface area (Å²) in [6, 6.07) is 8.27. The molecule has 0 aliphatic heterocycles. The summed E-state index contributed by atoms with van der Waals surface area (Å²) >= 11 is 0. The van der Waals surface area contributed by atoms with E-state index in [0.717, 1.165) is 31.2 Å². The SMILES string of the molecule is CCCCOC(=O)OC1CCC(O)(c2ccc(CCC)cc2)CC1. The number of rotatable bonds is 7. The third-order valence-corrected chi connectivity index (χ3v) is 4.77. The maximum Gasteiger partial charge on any atom is 0.508 e. The molecule has 0 heterocycles. The Hall–Kier alpha value is -1.55. The zero-order valence-corrected chi connectivity index (χ0v) is 14.9. The molecule has 0 spiro atoms. The van der Waals surface area contributed by atoms with E-state index < -0.39 is 11.8 Å². The molecule has 2 rings (SSSR count). The van der Waals surface area contributed by atoms with Gasteiger partial charge in [-0.15, -0.1) is 0 Å². The van der Waals surface area contributed by atoms with Crippen LogP contribution in [0.4, 0.5) is 4.79 Å². The molecule has 0 aromatic heterocycles. The Kier molecular flexibility index (Phi) is 7.10. The number of unbranched alkanes of at least 4 members (excludes halogenated alkanes) is 1. The zero-order valence-electron chi connectivity index (χ0n) is 14.9. The molecule has 0 radical (unpaired) electrons. The lowest BCUT2D eigenvalue weighted by atomic mass is 9.78. The van der Waals surface area contributed by atoms with E-state index >= 15 is 0 Å². The molecule has 0 unspecified atom stereocenters. The van der Waals surface area contributed by atoms with Crippen LogP contribution in [0.5, 0.6) is 0 Å². The molecule has 0 amide bonds. The minimum atomic E-state index is -0.809. The van der Waals surface area contributed by atoms with E-state index in [9.17, 15) is 9.90 Å². The molecule has 1 aromatic rings. The number of carbonyl (C=O) groups is 1. The lowest BCUT2D eigenvalue weighted by Gasteiger charge is -2.36. The Balaban J connectivity index is 1.83. The number of aryl methyl sites for hydroxylation is 1. The lowest BCUT2D eigenvalue weighted by molar-refractivity contribution is -0.0537. The van der Waals surface area contributed by atoms with Gasteiger partial charge in [-0.1, -0.05) is 51.0 Å². The van der Waals surface area contributed by atoms with Crippen molar-refractivity contribution in [3.05, 3.63) is 35.4 Å². The van der Waals surface area contributed by atoms with Gasteiger partial charge in [0.2, 0.25) is 0 Å². The molecule has 4 heteroatoms. The van der Waals surface area contributed by atoms with Crippen LogP contribution in [0, 0.1) is 0 Å². The van der Waals surface area contributed by atoms with E-state index in [-0.39, 0.29) is 6.10 Å². The predicted octanol–water partition coefficient (Wildman–Crippen LogP) is 4.72. The highest BCUT2D eigenvalue weighted by atomic mass is 16.7. The Bertz CT molecular complexity index is 501. The molecule has 1 N–H and O–H groups in total. The first-order chi connectivity index (χ1) is 11.6. The summed E-state index contributed by atoms with van der Waals surface area (Å²) in [6.07, 6.45) is 5.83. The van der Waals surface area contributed by atoms with Crippen LogP contribution in [0.1, 0.15) is 69.9 Å². The number of benzene rings is 1. The molecule has 4 nitrogen and oxygen atoms in total. The minimum absolute atomic E-state index is 0.154. The fourth-order valence-corrected chi connectivity index (χ4v) is 3.22. The highest BCUT2D eigenvalue weighted by Crippen LogP contribution is 2.38. The minimum Gasteiger partial charge on any atom is -0.434 e. The summed E-state index contributed by atoms with van der Waals surface area (Å²) in [5, 5.41) is 10.9. The number of hydrogen-bond donors (Lipinski definition) is 1. The molecule has 1 fully saturated rings. The van der Waals surface area contributed by atoms with Gasteiger partial charge in [0.05, 0.1) is 12.2 Å². The topological polar surface area (TPSA) is 55.8 Å². The summed E-state index contributed by atoms with van der Waals surface area (Å²) in [5.74, 6) is 0. The third-order valence-electron chi connectivity index (χ3n) is 4.77. The largest absolute Gasteiger partial charge is 0.508 e. The van der Waals surface area contributed by atoms with Gasteiger partial charge in [-0.3, -0.25) is 0 Å². The molecule has 1 aliphatic carbocycles. The van der Waals surface area contributed by atoms with Gasteiger partial charge in [0.1, 0.15) is 6.10 Å². The molecular weight excluding hydrogens is 304 g/mol. The van der Waals surface area contributed by atoms with Gasteiger partial charge in [-0.05, 0) is 49.7 Å². The maximum atomic E-state index is 11.6. The molecule has 134 valence electrons. The average Bonchev–Trinajstić information content (AvgIpc) is 2.58. The Morgan fingerprint density at radius 2 is 1.83 bits per heavy atom. The summed E-state index contributed by atoms with van der Waals surface area (Å²) in [4.78, 5) is 11.6. The number of carbonyl (C=O) groups excluding carboxylic acids is 1. The van der Waals surface area contributed by atoms with Crippen LogP contribution in [-0.4, -0.2) is 24.0 Å². The van der Waals surface area contributed by atoms with Crippen molar-refractivity contribution in [2.45, 2.75) is 76.9 Å². The van der Waals surface area contributed by atoms with Crippen LogP contribution in [-0.2, 0) is 21.5 Å². The molecule has 1 saturated carbocycles. The van der Waals surface area contributed by atoms with Crippen molar-refractivity contribution in [1.29, 1.82) is 0 Å². The van der Waals surface area contributed by atoms with Crippen molar-refractivity contribution >= 4 is 6.16 Å². The second-order valence-corrected chi connectivity index (χ2v) is 6.75. The predicted molar refractivity (Wildman–Crippen MR) is 93.9 cm³/mol. The van der Waals surface area contributed by atoms with E-state index in [1.807, 2.05) is 19.1 Å². The van der Waals surface area contributed by atoms with E-state index in [1.54, 1.807) is 0 Å². The Morgan fingerprint density at radius 3 is 2.42 bits per heavy atom. The number of ether oxygens (including phenoxy) is 2. The van der Waals surface area contributed by atoms with Crippen molar-refractivity contribution in [3.8, 4) is 0 Å². The maximum absolute atomic E-state index is 11.6. The van der Waals surface area contributed by atoms with Gasteiger partial charge in [0.25, 0.3) is 0 Å². The molecule has 0 saturated heterocycles. The second-order valence-electron chi connectivity index (χ2n) is 6.75. The first-order valence-corrected chi connectivity index (χ1v) is 9.22. The van der Waals surface area contributed by atoms with Crippen LogP contribution in [0.2, 0.25) is 0 Å². The first-order valence-electron chi connectivity index (χ1n) is 9.22. The molecular formula is C20H30O4. The van der Waals surface area contributed by atoms with Gasteiger partial charge >= 0.3 is 6.16 Å². The van der Waals surface area contributed by atoms with Crippen LogP contribution < -0.4 is 0 Å². The first kappa shape index (κ1) is 18.8. The number of hydrogen-bond acceptors (Lipinski definition) is 4. The highest BCUT2D eigenvalue weighted by molar-refractivity contribution is 5.60. The Labute approximate surface area is 145 Å².